The molecule has 1 aromatic heterocycles. The molecule has 1 fully saturated rings. The third kappa shape index (κ3) is 1.74. The van der Waals surface area contributed by atoms with Crippen LogP contribution in [0.2, 0.25) is 0 Å². The molecule has 1 aliphatic rings. The molecule has 0 bridgehead atoms. The molecule has 1 aromatic rings. The van der Waals surface area contributed by atoms with E-state index in [4.69, 9.17) is 0 Å². The summed E-state index contributed by atoms with van der Waals surface area (Å²) in [6.07, 6.45) is 1.66. The van der Waals surface area contributed by atoms with E-state index in [1.54, 1.807) is 6.20 Å². The standard InChI is InChI=1S/C9H15N3OS/c1-11-3-4-14-6-7(11)9-10-8(13)5-12(9)2/h5,7,13H,3-4,6H2,1-2H3. The maximum absolute atomic E-state index is 9.29. The highest BCUT2D eigenvalue weighted by atomic mass is 32.2. The number of thioether (sulfide) groups is 1. The Labute approximate surface area is 87.9 Å². The number of imidazole rings is 1. The van der Waals surface area contributed by atoms with Crippen molar-refractivity contribution in [1.29, 1.82) is 0 Å². The van der Waals surface area contributed by atoms with Gasteiger partial charge in [-0.05, 0) is 7.05 Å². The van der Waals surface area contributed by atoms with Crippen LogP contribution in [-0.2, 0) is 7.05 Å². The Kier molecular flexibility index (Phi) is 2.69. The maximum atomic E-state index is 9.29. The van der Waals surface area contributed by atoms with Gasteiger partial charge in [-0.1, -0.05) is 0 Å². The molecule has 0 spiro atoms. The van der Waals surface area contributed by atoms with E-state index in [-0.39, 0.29) is 5.88 Å². The van der Waals surface area contributed by atoms with Crippen molar-refractivity contribution in [1.82, 2.24) is 14.5 Å². The molecule has 1 saturated heterocycles. The van der Waals surface area contributed by atoms with Gasteiger partial charge >= 0.3 is 0 Å². The summed E-state index contributed by atoms with van der Waals surface area (Å²) in [6, 6.07) is 0.333. The van der Waals surface area contributed by atoms with Crippen molar-refractivity contribution >= 4 is 11.8 Å². The van der Waals surface area contributed by atoms with Crippen LogP contribution in [0.15, 0.2) is 6.20 Å². The molecule has 78 valence electrons. The highest BCUT2D eigenvalue weighted by Crippen LogP contribution is 2.28. The largest absolute Gasteiger partial charge is 0.492 e. The summed E-state index contributed by atoms with van der Waals surface area (Å²) in [5.41, 5.74) is 0. The van der Waals surface area contributed by atoms with Gasteiger partial charge in [0.15, 0.2) is 0 Å². The van der Waals surface area contributed by atoms with Crippen LogP contribution in [0.5, 0.6) is 5.88 Å². The summed E-state index contributed by atoms with van der Waals surface area (Å²) in [6.45, 7) is 1.09. The Bertz CT molecular complexity index is 326. The second-order valence-electron chi connectivity index (χ2n) is 3.64. The lowest BCUT2D eigenvalue weighted by Crippen LogP contribution is -2.34. The molecule has 1 N–H and O–H groups in total. The van der Waals surface area contributed by atoms with Crippen LogP contribution < -0.4 is 0 Å². The van der Waals surface area contributed by atoms with Crippen molar-refractivity contribution in [3.05, 3.63) is 12.0 Å². The third-order valence-corrected chi connectivity index (χ3v) is 3.62. The molecule has 1 aliphatic heterocycles. The van der Waals surface area contributed by atoms with E-state index >= 15 is 0 Å². The number of hydrogen-bond donors (Lipinski definition) is 1. The predicted molar refractivity (Wildman–Crippen MR) is 57.6 cm³/mol. The van der Waals surface area contributed by atoms with Crippen LogP contribution in [0, 0.1) is 0 Å². The van der Waals surface area contributed by atoms with E-state index in [0.717, 1.165) is 18.1 Å². The lowest BCUT2D eigenvalue weighted by atomic mass is 10.2. The normalized spacial score (nSPS) is 24.0. The Morgan fingerprint density at radius 3 is 2.93 bits per heavy atom. The van der Waals surface area contributed by atoms with Gasteiger partial charge in [-0.15, -0.1) is 0 Å². The van der Waals surface area contributed by atoms with Crippen LogP contribution in [0.3, 0.4) is 0 Å². The van der Waals surface area contributed by atoms with Crippen LogP contribution in [-0.4, -0.2) is 44.7 Å². The van der Waals surface area contributed by atoms with Gasteiger partial charge in [0.1, 0.15) is 5.82 Å². The van der Waals surface area contributed by atoms with E-state index in [0.29, 0.717) is 6.04 Å². The number of hydrogen-bond acceptors (Lipinski definition) is 4. The van der Waals surface area contributed by atoms with Crippen LogP contribution >= 0.6 is 11.8 Å². The molecule has 4 nitrogen and oxygen atoms in total. The molecule has 2 heterocycles. The zero-order valence-corrected chi connectivity index (χ0v) is 9.29. The molecule has 0 saturated carbocycles. The Morgan fingerprint density at radius 2 is 2.36 bits per heavy atom. The van der Waals surface area contributed by atoms with Gasteiger partial charge in [0.05, 0.1) is 12.2 Å². The second-order valence-corrected chi connectivity index (χ2v) is 4.79. The van der Waals surface area contributed by atoms with Gasteiger partial charge in [-0.25, -0.2) is 0 Å². The zero-order valence-electron chi connectivity index (χ0n) is 8.47. The van der Waals surface area contributed by atoms with E-state index in [1.165, 1.54) is 5.75 Å². The third-order valence-electron chi connectivity index (χ3n) is 2.59. The molecular weight excluding hydrogens is 198 g/mol. The van der Waals surface area contributed by atoms with Crippen molar-refractivity contribution in [3.8, 4) is 5.88 Å². The van der Waals surface area contributed by atoms with Crippen molar-refractivity contribution < 1.29 is 5.11 Å². The summed E-state index contributed by atoms with van der Waals surface area (Å²) >= 11 is 1.94. The smallest absolute Gasteiger partial charge is 0.229 e. The van der Waals surface area contributed by atoms with Crippen molar-refractivity contribution in [2.75, 3.05) is 25.1 Å². The first-order valence-electron chi connectivity index (χ1n) is 4.68. The molecule has 0 aromatic carbocycles. The zero-order chi connectivity index (χ0) is 10.1. The van der Waals surface area contributed by atoms with Crippen LogP contribution in [0.4, 0.5) is 0 Å². The molecule has 1 unspecified atom stereocenters. The molecule has 5 heteroatoms. The first-order chi connectivity index (χ1) is 6.68. The fourth-order valence-electron chi connectivity index (χ4n) is 1.73. The minimum atomic E-state index is 0.117. The minimum absolute atomic E-state index is 0.117. The van der Waals surface area contributed by atoms with Gasteiger partial charge in [-0.2, -0.15) is 16.7 Å². The van der Waals surface area contributed by atoms with E-state index < -0.39 is 0 Å². The lowest BCUT2D eigenvalue weighted by Gasteiger charge is -2.31. The maximum Gasteiger partial charge on any atom is 0.229 e. The first kappa shape index (κ1) is 9.86. The monoisotopic (exact) mass is 213 g/mol. The Balaban J connectivity index is 2.24. The van der Waals surface area contributed by atoms with Gasteiger partial charge in [0.25, 0.3) is 0 Å². The van der Waals surface area contributed by atoms with E-state index in [9.17, 15) is 5.11 Å². The summed E-state index contributed by atoms with van der Waals surface area (Å²) < 4.78 is 1.91. The van der Waals surface area contributed by atoms with Crippen LogP contribution in [0.1, 0.15) is 11.9 Å². The molecular formula is C9H15N3OS. The average molecular weight is 213 g/mol. The SMILES string of the molecule is CN1CCSCC1c1nc(O)cn1C. The number of rotatable bonds is 1. The molecule has 2 rings (SSSR count). The van der Waals surface area contributed by atoms with Gasteiger partial charge < -0.3 is 9.67 Å². The topological polar surface area (TPSA) is 41.3 Å². The molecule has 14 heavy (non-hydrogen) atoms. The molecule has 0 aliphatic carbocycles. The first-order valence-corrected chi connectivity index (χ1v) is 5.84. The predicted octanol–water partition coefficient (Wildman–Crippen LogP) is 0.845. The Hall–Kier alpha value is -0.680. The fraction of sp³-hybridized carbons (Fsp3) is 0.667. The number of aromatic nitrogens is 2. The van der Waals surface area contributed by atoms with Gasteiger partial charge in [-0.3, -0.25) is 4.90 Å². The number of nitrogens with zero attached hydrogens (tertiary/aromatic N) is 3. The van der Waals surface area contributed by atoms with Crippen molar-refractivity contribution in [3.63, 3.8) is 0 Å². The average Bonchev–Trinajstić information content (AvgIpc) is 2.46. The Morgan fingerprint density at radius 1 is 1.57 bits per heavy atom. The summed E-state index contributed by atoms with van der Waals surface area (Å²) in [7, 11) is 4.03. The molecule has 1 atom stereocenters. The van der Waals surface area contributed by atoms with Gasteiger partial charge in [0.2, 0.25) is 5.88 Å². The quantitative estimate of drug-likeness (QED) is 0.751. The highest BCUT2D eigenvalue weighted by molar-refractivity contribution is 7.99. The van der Waals surface area contributed by atoms with E-state index in [1.807, 2.05) is 23.4 Å². The van der Waals surface area contributed by atoms with Crippen molar-refractivity contribution in [2.45, 2.75) is 6.04 Å². The van der Waals surface area contributed by atoms with E-state index in [2.05, 4.69) is 16.9 Å². The number of aromatic hydroxyl groups is 1. The van der Waals surface area contributed by atoms with Crippen molar-refractivity contribution in [2.24, 2.45) is 7.05 Å². The second kappa shape index (κ2) is 3.82. The summed E-state index contributed by atoms with van der Waals surface area (Å²) in [4.78, 5) is 6.44. The fourth-order valence-corrected chi connectivity index (χ4v) is 2.94. The number of aryl methyl sites for hydroxylation is 1. The summed E-state index contributed by atoms with van der Waals surface area (Å²) in [5.74, 6) is 3.31. The minimum Gasteiger partial charge on any atom is -0.492 e. The molecule has 0 amide bonds. The molecule has 0 radical (unpaired) electrons. The highest BCUT2D eigenvalue weighted by Gasteiger charge is 2.24. The summed E-state index contributed by atoms with van der Waals surface area (Å²) in [5, 5.41) is 9.29. The van der Waals surface area contributed by atoms with Crippen LogP contribution in [0.25, 0.3) is 0 Å². The van der Waals surface area contributed by atoms with Gasteiger partial charge in [0, 0.05) is 25.1 Å². The lowest BCUT2D eigenvalue weighted by molar-refractivity contribution is 0.260.